The van der Waals surface area contributed by atoms with Crippen LogP contribution in [0.3, 0.4) is 0 Å². The van der Waals surface area contributed by atoms with Crippen LogP contribution in [0.15, 0.2) is 42.6 Å². The molecule has 196 valence electrons. The zero-order valence-electron chi connectivity index (χ0n) is 21.2. The van der Waals surface area contributed by atoms with Crippen molar-refractivity contribution in [2.75, 3.05) is 51.2 Å². The van der Waals surface area contributed by atoms with E-state index in [2.05, 4.69) is 36.9 Å². The second kappa shape index (κ2) is 9.77. The van der Waals surface area contributed by atoms with Crippen LogP contribution >= 0.6 is 0 Å². The van der Waals surface area contributed by atoms with Gasteiger partial charge in [-0.2, -0.15) is 5.10 Å². The summed E-state index contributed by atoms with van der Waals surface area (Å²) in [5.74, 6) is -1.90. The molecule has 2 fully saturated rings. The number of amides is 1. The first-order valence-corrected chi connectivity index (χ1v) is 12.8. The molecule has 0 saturated carbocycles. The van der Waals surface area contributed by atoms with Gasteiger partial charge in [-0.1, -0.05) is 0 Å². The van der Waals surface area contributed by atoms with E-state index in [9.17, 15) is 4.79 Å². The fraction of sp³-hybridized carbons (Fsp3) is 0.321. The van der Waals surface area contributed by atoms with Crippen molar-refractivity contribution < 1.29 is 13.6 Å². The molecule has 0 spiro atoms. The molecule has 2 aliphatic rings. The number of aromatic amines is 1. The second-order valence-electron chi connectivity index (χ2n) is 10.1. The molecule has 2 saturated heterocycles. The summed E-state index contributed by atoms with van der Waals surface area (Å²) in [7, 11) is 2.09. The number of carbonyl (C=O) groups excluding carboxylic acids is 1. The molecule has 0 radical (unpaired) electrons. The van der Waals surface area contributed by atoms with Crippen molar-refractivity contribution in [3.8, 4) is 22.5 Å². The van der Waals surface area contributed by atoms with E-state index in [0.717, 1.165) is 51.4 Å². The molecule has 10 heteroatoms. The Balaban J connectivity index is 1.41. The zero-order chi connectivity index (χ0) is 26.4. The van der Waals surface area contributed by atoms with Crippen LogP contribution < -0.4 is 10.6 Å². The average molecular weight is 518 g/mol. The highest BCUT2D eigenvalue weighted by Gasteiger charge is 2.22. The van der Waals surface area contributed by atoms with E-state index < -0.39 is 17.5 Å². The van der Waals surface area contributed by atoms with E-state index >= 15 is 8.78 Å². The lowest BCUT2D eigenvalue weighted by molar-refractivity contribution is 0.100. The topological polar surface area (TPSA) is 94.4 Å². The minimum atomic E-state index is -0.660. The smallest absolute Gasteiger partial charge is 0.249 e. The molecule has 2 aromatic carbocycles. The number of pyridine rings is 1. The van der Waals surface area contributed by atoms with Crippen molar-refractivity contribution in [3.05, 3.63) is 65.4 Å². The Hall–Kier alpha value is -3.89. The summed E-state index contributed by atoms with van der Waals surface area (Å²) in [6, 6.07) is 9.88. The van der Waals surface area contributed by atoms with Crippen LogP contribution in [0.5, 0.6) is 0 Å². The van der Waals surface area contributed by atoms with Crippen molar-refractivity contribution in [3.63, 3.8) is 0 Å². The minimum Gasteiger partial charge on any atom is -0.369 e. The number of H-pyrrole nitrogens is 1. The van der Waals surface area contributed by atoms with Crippen LogP contribution in [0.2, 0.25) is 0 Å². The summed E-state index contributed by atoms with van der Waals surface area (Å²) in [5, 5.41) is 7.98. The first-order chi connectivity index (χ1) is 18.4. The fourth-order valence-corrected chi connectivity index (χ4v) is 5.22. The largest absolute Gasteiger partial charge is 0.369 e. The number of primary amides is 1. The molecule has 2 aliphatic heterocycles. The highest BCUT2D eigenvalue weighted by atomic mass is 19.1. The van der Waals surface area contributed by atoms with Crippen molar-refractivity contribution in [1.29, 1.82) is 0 Å². The third-order valence-corrected chi connectivity index (χ3v) is 7.55. The third kappa shape index (κ3) is 4.50. The normalized spacial score (nSPS) is 16.7. The Bertz CT molecular complexity index is 1500. The molecular formula is C28H29F2N7O. The van der Waals surface area contributed by atoms with Gasteiger partial charge in [0.2, 0.25) is 5.91 Å². The number of nitrogens with one attached hydrogen (secondary N) is 1. The van der Waals surface area contributed by atoms with Gasteiger partial charge in [0.1, 0.15) is 17.3 Å². The molecule has 0 unspecified atom stereocenters. The number of anilines is 1. The first kappa shape index (κ1) is 24.4. The number of likely N-dealkylation sites (tertiary alicyclic amines) is 1. The van der Waals surface area contributed by atoms with Crippen molar-refractivity contribution >= 4 is 22.5 Å². The Labute approximate surface area is 219 Å². The van der Waals surface area contributed by atoms with Gasteiger partial charge in [-0.3, -0.25) is 19.8 Å². The minimum absolute atomic E-state index is 0.154. The Kier molecular flexibility index (Phi) is 6.29. The monoisotopic (exact) mass is 517 g/mol. The van der Waals surface area contributed by atoms with Crippen LogP contribution in [0.1, 0.15) is 22.3 Å². The van der Waals surface area contributed by atoms with Crippen molar-refractivity contribution in [1.82, 2.24) is 25.0 Å². The Morgan fingerprint density at radius 3 is 2.42 bits per heavy atom. The summed E-state index contributed by atoms with van der Waals surface area (Å²) >= 11 is 0. The van der Waals surface area contributed by atoms with E-state index in [0.29, 0.717) is 39.8 Å². The number of halogens is 2. The lowest BCUT2D eigenvalue weighted by Crippen LogP contribution is -2.44. The van der Waals surface area contributed by atoms with Crippen molar-refractivity contribution in [2.24, 2.45) is 5.73 Å². The number of aromatic nitrogens is 3. The molecule has 4 heterocycles. The molecule has 38 heavy (non-hydrogen) atoms. The number of likely N-dealkylation sites (N-methyl/N-ethyl adjacent to an activating group) is 1. The predicted octanol–water partition coefficient (Wildman–Crippen LogP) is 3.63. The van der Waals surface area contributed by atoms with E-state index in [-0.39, 0.29) is 11.3 Å². The van der Waals surface area contributed by atoms with Crippen LogP contribution in [-0.2, 0) is 6.54 Å². The number of fused-ring (bicyclic) bond motifs is 1. The lowest BCUT2D eigenvalue weighted by Gasteiger charge is -2.34. The summed E-state index contributed by atoms with van der Waals surface area (Å²) < 4.78 is 30.4. The van der Waals surface area contributed by atoms with Gasteiger partial charge >= 0.3 is 0 Å². The van der Waals surface area contributed by atoms with Gasteiger partial charge in [0, 0.05) is 54.9 Å². The molecule has 0 aliphatic carbocycles. The van der Waals surface area contributed by atoms with E-state index in [1.54, 1.807) is 12.1 Å². The number of rotatable bonds is 6. The molecular weight excluding hydrogens is 488 g/mol. The SMILES string of the molecule is CN1CCN(c2ccc(C(N)=O)c(-c3n[nH]c4cnc(-c5c(F)cc(CN6CCC6)cc5F)cc34)c2)CC1. The number of piperazine rings is 1. The predicted molar refractivity (Wildman–Crippen MR) is 143 cm³/mol. The number of carbonyl (C=O) groups is 1. The summed E-state index contributed by atoms with van der Waals surface area (Å²) in [6.45, 7) is 5.97. The number of hydrogen-bond donors (Lipinski definition) is 2. The van der Waals surface area contributed by atoms with Crippen LogP contribution in [0, 0.1) is 11.6 Å². The van der Waals surface area contributed by atoms with E-state index in [1.165, 1.54) is 18.3 Å². The molecule has 0 bridgehead atoms. The van der Waals surface area contributed by atoms with Gasteiger partial charge in [-0.05, 0) is 68.5 Å². The third-order valence-electron chi connectivity index (χ3n) is 7.55. The maximum absolute atomic E-state index is 15.2. The van der Waals surface area contributed by atoms with Gasteiger partial charge < -0.3 is 15.5 Å². The van der Waals surface area contributed by atoms with Gasteiger partial charge in [0.25, 0.3) is 0 Å². The number of nitrogens with zero attached hydrogens (tertiary/aromatic N) is 5. The summed E-state index contributed by atoms with van der Waals surface area (Å²) in [4.78, 5) is 23.3. The first-order valence-electron chi connectivity index (χ1n) is 12.8. The Morgan fingerprint density at radius 2 is 1.76 bits per heavy atom. The van der Waals surface area contributed by atoms with Crippen molar-refractivity contribution in [2.45, 2.75) is 13.0 Å². The molecule has 0 atom stereocenters. The molecule has 2 aromatic heterocycles. The lowest BCUT2D eigenvalue weighted by atomic mass is 9.99. The second-order valence-corrected chi connectivity index (χ2v) is 10.1. The molecule has 8 nitrogen and oxygen atoms in total. The van der Waals surface area contributed by atoms with Gasteiger partial charge in [0.15, 0.2) is 0 Å². The number of nitrogens with two attached hydrogens (primary N) is 1. The van der Waals surface area contributed by atoms with Crippen LogP contribution in [0.25, 0.3) is 33.4 Å². The van der Waals surface area contributed by atoms with Gasteiger partial charge in [-0.15, -0.1) is 0 Å². The molecule has 1 amide bonds. The highest BCUT2D eigenvalue weighted by Crippen LogP contribution is 2.35. The van der Waals surface area contributed by atoms with Crippen LogP contribution in [0.4, 0.5) is 14.5 Å². The van der Waals surface area contributed by atoms with E-state index in [4.69, 9.17) is 5.73 Å². The standard InChI is InChI=1S/C28H29F2N7O/c1-35-7-9-37(10-8-35)18-3-4-19(28(31)38)20(13-18)27-21-14-24(32-15-25(21)33-34-27)26-22(29)11-17(12-23(26)30)16-36-5-2-6-36/h3-4,11-15H,2,5-10,16H2,1H3,(H2,31,38)(H,33,34). The number of hydrogen-bond acceptors (Lipinski definition) is 6. The average Bonchev–Trinajstić information content (AvgIpc) is 3.29. The maximum atomic E-state index is 15.2. The van der Waals surface area contributed by atoms with Crippen LogP contribution in [-0.4, -0.2) is 77.2 Å². The maximum Gasteiger partial charge on any atom is 0.249 e. The van der Waals surface area contributed by atoms with Gasteiger partial charge in [0.05, 0.1) is 23.0 Å². The quantitative estimate of drug-likeness (QED) is 0.406. The zero-order valence-corrected chi connectivity index (χ0v) is 21.2. The molecule has 4 aromatic rings. The highest BCUT2D eigenvalue weighted by molar-refractivity contribution is 6.05. The summed E-state index contributed by atoms with van der Waals surface area (Å²) in [6.07, 6.45) is 2.61. The van der Waals surface area contributed by atoms with E-state index in [1.807, 2.05) is 12.1 Å². The van der Waals surface area contributed by atoms with Gasteiger partial charge in [-0.25, -0.2) is 8.78 Å². The number of benzene rings is 2. The Morgan fingerprint density at radius 1 is 1.03 bits per heavy atom. The molecule has 6 rings (SSSR count). The summed E-state index contributed by atoms with van der Waals surface area (Å²) in [5.41, 5.74) is 9.18. The fourth-order valence-electron chi connectivity index (χ4n) is 5.22. The molecule has 3 N–H and O–H groups in total.